The highest BCUT2D eigenvalue weighted by atomic mass is 15.3. The van der Waals surface area contributed by atoms with Crippen LogP contribution in [0, 0.1) is 0 Å². The molecule has 1 aliphatic heterocycles. The Labute approximate surface area is 188 Å². The maximum absolute atomic E-state index is 6.75. The van der Waals surface area contributed by atoms with Gasteiger partial charge in [-0.05, 0) is 18.1 Å². The van der Waals surface area contributed by atoms with Crippen molar-refractivity contribution in [3.63, 3.8) is 0 Å². The fourth-order valence-corrected chi connectivity index (χ4v) is 4.59. The molecule has 3 heterocycles. The number of fused-ring (bicyclic) bond motifs is 1. The molecular weight excluding hydrogens is 398 g/mol. The summed E-state index contributed by atoms with van der Waals surface area (Å²) in [5.41, 5.74) is 11.0. The lowest BCUT2D eigenvalue weighted by Crippen LogP contribution is -2.58. The van der Waals surface area contributed by atoms with Gasteiger partial charge in [0.25, 0.3) is 0 Å². The minimum atomic E-state index is -0.0842. The van der Waals surface area contributed by atoms with Crippen molar-refractivity contribution >= 4 is 11.2 Å². The van der Waals surface area contributed by atoms with Crippen LogP contribution in [-0.2, 0) is 13.1 Å². The van der Waals surface area contributed by atoms with Gasteiger partial charge >= 0.3 is 0 Å². The molecule has 1 saturated heterocycles. The SMILES string of the molecule is CCn1cnc2cnc(CN3CCN(C(c4ccccc4)c4ccccc4)C(N)C3)nc21. The third-order valence-corrected chi connectivity index (χ3v) is 6.22. The Morgan fingerprint density at radius 2 is 1.66 bits per heavy atom. The summed E-state index contributed by atoms with van der Waals surface area (Å²) in [7, 11) is 0. The Bertz CT molecular complexity index is 1120. The first-order valence-corrected chi connectivity index (χ1v) is 11.2. The normalized spacial score (nSPS) is 17.9. The molecule has 0 aliphatic carbocycles. The van der Waals surface area contributed by atoms with Crippen molar-refractivity contribution in [3.05, 3.63) is 90.1 Å². The lowest BCUT2D eigenvalue weighted by Gasteiger charge is -2.43. The molecule has 164 valence electrons. The van der Waals surface area contributed by atoms with E-state index in [4.69, 9.17) is 10.7 Å². The maximum atomic E-state index is 6.75. The Hall–Kier alpha value is -3.13. The molecular formula is C25H29N7. The third-order valence-electron chi connectivity index (χ3n) is 6.22. The molecule has 2 aromatic carbocycles. The molecule has 1 aliphatic rings. The lowest BCUT2D eigenvalue weighted by molar-refractivity contribution is 0.0497. The first-order chi connectivity index (χ1) is 15.7. The summed E-state index contributed by atoms with van der Waals surface area (Å²) in [5.74, 6) is 0.816. The highest BCUT2D eigenvalue weighted by molar-refractivity contribution is 5.69. The summed E-state index contributed by atoms with van der Waals surface area (Å²) in [6.45, 7) is 6.19. The number of aromatic nitrogens is 4. The molecule has 0 saturated carbocycles. The molecule has 1 atom stereocenters. The number of nitrogens with zero attached hydrogens (tertiary/aromatic N) is 6. The molecule has 32 heavy (non-hydrogen) atoms. The van der Waals surface area contributed by atoms with Gasteiger partial charge in [0.05, 0.1) is 31.3 Å². The molecule has 1 fully saturated rings. The molecule has 2 N–H and O–H groups in total. The minimum absolute atomic E-state index is 0.0842. The quantitative estimate of drug-likeness (QED) is 0.510. The largest absolute Gasteiger partial charge is 0.315 e. The monoisotopic (exact) mass is 427 g/mol. The first-order valence-electron chi connectivity index (χ1n) is 11.2. The number of rotatable bonds is 6. The predicted molar refractivity (Wildman–Crippen MR) is 126 cm³/mol. The van der Waals surface area contributed by atoms with Crippen LogP contribution in [0.25, 0.3) is 11.2 Å². The van der Waals surface area contributed by atoms with E-state index in [2.05, 4.69) is 91.9 Å². The van der Waals surface area contributed by atoms with Gasteiger partial charge in [-0.3, -0.25) is 9.80 Å². The molecule has 0 spiro atoms. The number of imidazole rings is 1. The van der Waals surface area contributed by atoms with Gasteiger partial charge < -0.3 is 10.3 Å². The molecule has 0 amide bonds. The van der Waals surface area contributed by atoms with Gasteiger partial charge in [0.15, 0.2) is 5.65 Å². The van der Waals surface area contributed by atoms with E-state index in [-0.39, 0.29) is 12.2 Å². The van der Waals surface area contributed by atoms with Gasteiger partial charge in [0.1, 0.15) is 11.3 Å². The van der Waals surface area contributed by atoms with Crippen LogP contribution >= 0.6 is 0 Å². The van der Waals surface area contributed by atoms with Crippen LogP contribution in [0.3, 0.4) is 0 Å². The zero-order valence-corrected chi connectivity index (χ0v) is 18.4. The molecule has 4 aromatic rings. The molecule has 2 aromatic heterocycles. The number of hydrogen-bond donors (Lipinski definition) is 1. The van der Waals surface area contributed by atoms with E-state index < -0.39 is 0 Å². The summed E-state index contributed by atoms with van der Waals surface area (Å²) < 4.78 is 2.05. The van der Waals surface area contributed by atoms with Crippen LogP contribution in [0.15, 0.2) is 73.2 Å². The van der Waals surface area contributed by atoms with Gasteiger partial charge in [-0.2, -0.15) is 0 Å². The highest BCUT2D eigenvalue weighted by Crippen LogP contribution is 2.31. The number of nitrogens with two attached hydrogens (primary N) is 1. The molecule has 7 heteroatoms. The fourth-order valence-electron chi connectivity index (χ4n) is 4.59. The van der Waals surface area contributed by atoms with E-state index in [9.17, 15) is 0 Å². The van der Waals surface area contributed by atoms with E-state index in [1.807, 2.05) is 12.5 Å². The van der Waals surface area contributed by atoms with Crippen LogP contribution in [0.5, 0.6) is 0 Å². The summed E-state index contributed by atoms with van der Waals surface area (Å²) in [6.07, 6.45) is 3.56. The van der Waals surface area contributed by atoms with Gasteiger partial charge in [0.2, 0.25) is 0 Å². The second kappa shape index (κ2) is 9.16. The smallest absolute Gasteiger partial charge is 0.163 e. The Morgan fingerprint density at radius 3 is 2.28 bits per heavy atom. The maximum Gasteiger partial charge on any atom is 0.163 e. The lowest BCUT2D eigenvalue weighted by atomic mass is 9.96. The van der Waals surface area contributed by atoms with Crippen molar-refractivity contribution in [2.24, 2.45) is 5.73 Å². The first kappa shape index (κ1) is 20.8. The van der Waals surface area contributed by atoms with Crippen molar-refractivity contribution in [2.45, 2.75) is 32.2 Å². The Morgan fingerprint density at radius 1 is 0.969 bits per heavy atom. The predicted octanol–water partition coefficient (Wildman–Crippen LogP) is 3.04. The van der Waals surface area contributed by atoms with E-state index in [1.54, 1.807) is 0 Å². The van der Waals surface area contributed by atoms with E-state index >= 15 is 0 Å². The van der Waals surface area contributed by atoms with Crippen molar-refractivity contribution in [1.82, 2.24) is 29.3 Å². The van der Waals surface area contributed by atoms with Crippen LogP contribution in [0.4, 0.5) is 0 Å². The van der Waals surface area contributed by atoms with Gasteiger partial charge in [-0.25, -0.2) is 15.0 Å². The van der Waals surface area contributed by atoms with Crippen molar-refractivity contribution in [1.29, 1.82) is 0 Å². The molecule has 1 unspecified atom stereocenters. The number of piperazine rings is 1. The number of benzene rings is 2. The van der Waals surface area contributed by atoms with Crippen molar-refractivity contribution in [3.8, 4) is 0 Å². The van der Waals surface area contributed by atoms with Crippen LogP contribution < -0.4 is 5.73 Å². The fraction of sp³-hybridized carbons (Fsp3) is 0.320. The highest BCUT2D eigenvalue weighted by Gasteiger charge is 2.32. The number of aryl methyl sites for hydroxylation is 1. The molecule has 5 rings (SSSR count). The van der Waals surface area contributed by atoms with Gasteiger partial charge in [0, 0.05) is 26.2 Å². The average molecular weight is 428 g/mol. The zero-order valence-electron chi connectivity index (χ0n) is 18.4. The summed E-state index contributed by atoms with van der Waals surface area (Å²) >= 11 is 0. The second-order valence-electron chi connectivity index (χ2n) is 8.29. The molecule has 7 nitrogen and oxygen atoms in total. The summed E-state index contributed by atoms with van der Waals surface area (Å²) in [4.78, 5) is 18.4. The molecule has 0 bridgehead atoms. The topological polar surface area (TPSA) is 76.1 Å². The minimum Gasteiger partial charge on any atom is -0.315 e. The van der Waals surface area contributed by atoms with Crippen LogP contribution in [-0.4, -0.2) is 55.1 Å². The van der Waals surface area contributed by atoms with E-state index in [0.29, 0.717) is 6.54 Å². The van der Waals surface area contributed by atoms with E-state index in [0.717, 1.165) is 43.2 Å². The zero-order chi connectivity index (χ0) is 21.9. The van der Waals surface area contributed by atoms with Crippen molar-refractivity contribution in [2.75, 3.05) is 19.6 Å². The Balaban J connectivity index is 1.34. The standard InChI is InChI=1S/C25H29N7/c1-2-31-18-28-21-15-27-23(29-25(21)31)17-30-13-14-32(22(26)16-30)24(19-9-5-3-6-10-19)20-11-7-4-8-12-20/h3-12,15,18,22,24H,2,13-14,16-17,26H2,1H3. The number of hydrogen-bond acceptors (Lipinski definition) is 6. The van der Waals surface area contributed by atoms with Crippen molar-refractivity contribution < 1.29 is 0 Å². The van der Waals surface area contributed by atoms with Gasteiger partial charge in [-0.15, -0.1) is 0 Å². The van der Waals surface area contributed by atoms with Crippen LogP contribution in [0.2, 0.25) is 0 Å². The average Bonchev–Trinajstić information content (AvgIpc) is 3.24. The third kappa shape index (κ3) is 4.14. The summed E-state index contributed by atoms with van der Waals surface area (Å²) in [5, 5.41) is 0. The van der Waals surface area contributed by atoms with E-state index in [1.165, 1.54) is 11.1 Å². The second-order valence-corrected chi connectivity index (χ2v) is 8.29. The summed E-state index contributed by atoms with van der Waals surface area (Å²) in [6, 6.07) is 21.4. The molecule has 0 radical (unpaired) electrons. The Kier molecular flexibility index (Phi) is 5.94. The van der Waals surface area contributed by atoms with Crippen LogP contribution in [0.1, 0.15) is 29.9 Å². The van der Waals surface area contributed by atoms with Gasteiger partial charge in [-0.1, -0.05) is 60.7 Å².